The van der Waals surface area contributed by atoms with Gasteiger partial charge in [0.25, 0.3) is 0 Å². The first-order chi connectivity index (χ1) is 28.1. The van der Waals surface area contributed by atoms with Crippen molar-refractivity contribution in [3.05, 3.63) is 12.7 Å². The smallest absolute Gasteiger partial charge is 0.386 e. The van der Waals surface area contributed by atoms with Gasteiger partial charge in [0.1, 0.15) is 36.3 Å². The first-order valence-corrected chi connectivity index (χ1v) is 24.6. The van der Waals surface area contributed by atoms with E-state index >= 15 is 0 Å². The van der Waals surface area contributed by atoms with Crippen molar-refractivity contribution in [2.75, 3.05) is 37.8 Å². The summed E-state index contributed by atoms with van der Waals surface area (Å²) in [5.41, 5.74) is 4.28. The Balaban J connectivity index is 1.40. The lowest BCUT2D eigenvalue weighted by molar-refractivity contribution is -0.137. The summed E-state index contributed by atoms with van der Waals surface area (Å²) in [5.74, 6) is -1.03. The maximum Gasteiger partial charge on any atom is 0.481 e. The summed E-state index contributed by atoms with van der Waals surface area (Å²) in [5, 5.41) is 26.6. The van der Waals surface area contributed by atoms with Crippen molar-refractivity contribution in [3.8, 4) is 0 Å². The van der Waals surface area contributed by atoms with Gasteiger partial charge in [-0.1, -0.05) is 77.5 Å². The zero-order chi connectivity index (χ0) is 44.7. The van der Waals surface area contributed by atoms with Crippen molar-refractivity contribution >= 4 is 69.1 Å². The van der Waals surface area contributed by atoms with Gasteiger partial charge in [-0.3, -0.25) is 32.5 Å². The molecule has 1 aliphatic heterocycles. The highest BCUT2D eigenvalue weighted by Gasteiger charge is 2.50. The van der Waals surface area contributed by atoms with Crippen LogP contribution in [0.15, 0.2) is 12.7 Å². The number of imidazole rings is 1. The lowest BCUT2D eigenvalue weighted by Gasteiger charge is -2.30. The Labute approximate surface area is 350 Å². The first-order valence-electron chi connectivity index (χ1n) is 19.1. The maximum absolute atomic E-state index is 12.7. The van der Waals surface area contributed by atoms with Gasteiger partial charge in [-0.05, 0) is 6.42 Å². The molecular formula is C32H56N7O17P3S. The zero-order valence-corrected chi connectivity index (χ0v) is 36.9. The standard InChI is InChI=1S/C32H56N7O17P3S/c1-4-5-6-7-8-9-10-11-12-23(41)60-16-15-34-22(40)13-14-35-30(44)27(43)32(2,3)18-53-59(50,51)56-58(48,49)52-17-21-26(55-57(45,46)47)25(42)31(54-21)39-20-38-24-28(33)36-19-37-29(24)39/h19-21,25-27,31,42-43H,4-18H2,1-3H3,(H,34,40)(H,35,44)(H,48,49)(H,50,51)(H2,33,36,37)(H2,45,46,47)/t21-,25-,26-,27?,31-/m1/s1. The van der Waals surface area contributed by atoms with Crippen molar-refractivity contribution in [1.29, 1.82) is 0 Å². The highest BCUT2D eigenvalue weighted by atomic mass is 32.2. The third-order valence-corrected chi connectivity index (χ3v) is 13.0. The lowest BCUT2D eigenvalue weighted by Crippen LogP contribution is -2.46. The molecule has 342 valence electrons. The molecule has 1 fully saturated rings. The van der Waals surface area contributed by atoms with Crippen molar-refractivity contribution in [2.45, 2.75) is 116 Å². The van der Waals surface area contributed by atoms with Gasteiger partial charge in [0.15, 0.2) is 22.8 Å². The van der Waals surface area contributed by atoms with E-state index in [9.17, 15) is 57.9 Å². The third kappa shape index (κ3) is 17.4. The Hall–Kier alpha value is -2.44. The van der Waals surface area contributed by atoms with Crippen LogP contribution >= 0.6 is 35.2 Å². The molecule has 7 atom stereocenters. The quantitative estimate of drug-likeness (QED) is 0.0436. The number of phosphoric acid groups is 3. The Morgan fingerprint density at radius 2 is 1.60 bits per heavy atom. The summed E-state index contributed by atoms with van der Waals surface area (Å²) in [4.78, 5) is 87.9. The second-order valence-electron chi connectivity index (χ2n) is 14.5. The van der Waals surface area contributed by atoms with E-state index in [0.717, 1.165) is 48.2 Å². The minimum Gasteiger partial charge on any atom is -0.386 e. The lowest BCUT2D eigenvalue weighted by atomic mass is 9.87. The molecule has 0 spiro atoms. The molecule has 3 unspecified atom stereocenters. The number of aliphatic hydroxyl groups excluding tert-OH is 2. The van der Waals surface area contributed by atoms with Gasteiger partial charge in [0, 0.05) is 37.1 Å². The number of fused-ring (bicyclic) bond motifs is 1. The predicted molar refractivity (Wildman–Crippen MR) is 214 cm³/mol. The van der Waals surface area contributed by atoms with E-state index in [4.69, 9.17) is 19.5 Å². The summed E-state index contributed by atoms with van der Waals surface area (Å²) < 4.78 is 62.3. The van der Waals surface area contributed by atoms with E-state index in [2.05, 4.69) is 41.3 Å². The number of phosphoric ester groups is 3. The first kappa shape index (κ1) is 51.9. The molecule has 3 rings (SSSR count). The largest absolute Gasteiger partial charge is 0.481 e. The van der Waals surface area contributed by atoms with Crippen LogP contribution in [0.4, 0.5) is 5.82 Å². The molecule has 2 amide bonds. The monoisotopic (exact) mass is 935 g/mol. The summed E-state index contributed by atoms with van der Waals surface area (Å²) in [6.45, 7) is 2.75. The number of unbranched alkanes of at least 4 members (excludes halogenated alkanes) is 7. The van der Waals surface area contributed by atoms with Crippen LogP contribution in [0, 0.1) is 5.41 Å². The second-order valence-corrected chi connectivity index (χ2v) is 19.9. The van der Waals surface area contributed by atoms with E-state index in [-0.39, 0.29) is 41.6 Å². The Bertz CT molecular complexity index is 1870. The van der Waals surface area contributed by atoms with Gasteiger partial charge in [0.2, 0.25) is 11.8 Å². The molecule has 0 aliphatic carbocycles. The summed E-state index contributed by atoms with van der Waals surface area (Å²) in [6, 6.07) is 0. The van der Waals surface area contributed by atoms with Crippen LogP contribution in [-0.2, 0) is 50.7 Å². The molecule has 2 aromatic rings. The number of thioether (sulfide) groups is 1. The van der Waals surface area contributed by atoms with Gasteiger partial charge in [0.05, 0.1) is 19.5 Å². The minimum absolute atomic E-state index is 0.0331. The molecule has 0 saturated carbocycles. The van der Waals surface area contributed by atoms with Crippen molar-refractivity contribution in [1.82, 2.24) is 30.2 Å². The van der Waals surface area contributed by atoms with Crippen LogP contribution in [0.5, 0.6) is 0 Å². The molecule has 0 bridgehead atoms. The van der Waals surface area contributed by atoms with Crippen LogP contribution in [0.1, 0.15) is 91.2 Å². The number of nitrogens with zero attached hydrogens (tertiary/aromatic N) is 4. The molecule has 0 aromatic carbocycles. The molecule has 28 heteroatoms. The van der Waals surface area contributed by atoms with E-state index in [1.807, 2.05) is 0 Å². The fraction of sp³-hybridized carbons (Fsp3) is 0.750. The number of ether oxygens (including phenoxy) is 1. The molecule has 2 aromatic heterocycles. The molecule has 1 saturated heterocycles. The predicted octanol–water partition coefficient (Wildman–Crippen LogP) is 2.20. The minimum atomic E-state index is -5.57. The number of amides is 2. The average Bonchev–Trinajstić information content (AvgIpc) is 3.72. The van der Waals surface area contributed by atoms with Crippen LogP contribution in [0.3, 0.4) is 0 Å². The Kier molecular flexibility index (Phi) is 20.6. The molecule has 0 radical (unpaired) electrons. The number of carbonyl (C=O) groups excluding carboxylic acids is 3. The highest BCUT2D eigenvalue weighted by molar-refractivity contribution is 8.13. The third-order valence-electron chi connectivity index (χ3n) is 9.00. The fourth-order valence-corrected chi connectivity index (χ4v) is 9.32. The number of nitrogens with one attached hydrogen (secondary N) is 2. The molecule has 1 aliphatic rings. The SMILES string of the molecule is CCCCCCCCCCC(=O)SCCNC(=O)CCNC(=O)C(O)C(C)(C)COP(=O)(O)OP(=O)(O)OC[C@H]1O[C@@H](n2cnc3c(N)ncnc32)[C@H](O)[C@@H]1OP(=O)(O)O. The van der Waals surface area contributed by atoms with Crippen LogP contribution in [-0.4, -0.2) is 123 Å². The number of hydrogen-bond donors (Lipinski definition) is 9. The average molecular weight is 936 g/mol. The molecule has 10 N–H and O–H groups in total. The Morgan fingerprint density at radius 1 is 0.950 bits per heavy atom. The van der Waals surface area contributed by atoms with Gasteiger partial charge in [-0.2, -0.15) is 4.31 Å². The fourth-order valence-electron chi connectivity index (χ4n) is 5.77. The maximum atomic E-state index is 12.7. The number of nitrogens with two attached hydrogens (primary N) is 1. The topological polar surface area (TPSA) is 364 Å². The second kappa shape index (κ2) is 23.9. The van der Waals surface area contributed by atoms with E-state index < -0.39 is 84.6 Å². The summed E-state index contributed by atoms with van der Waals surface area (Å²) >= 11 is 1.15. The summed E-state index contributed by atoms with van der Waals surface area (Å²) in [7, 11) is -16.4. The van der Waals surface area contributed by atoms with Gasteiger partial charge in [-0.15, -0.1) is 0 Å². The van der Waals surface area contributed by atoms with Crippen molar-refractivity contribution in [2.24, 2.45) is 5.41 Å². The zero-order valence-electron chi connectivity index (χ0n) is 33.4. The normalized spacial score (nSPS) is 21.0. The molecule has 60 heavy (non-hydrogen) atoms. The van der Waals surface area contributed by atoms with Gasteiger partial charge < -0.3 is 50.9 Å². The van der Waals surface area contributed by atoms with Crippen LogP contribution < -0.4 is 16.4 Å². The van der Waals surface area contributed by atoms with Crippen molar-refractivity contribution in [3.63, 3.8) is 0 Å². The van der Waals surface area contributed by atoms with E-state index in [1.54, 1.807) is 0 Å². The van der Waals surface area contributed by atoms with E-state index in [1.165, 1.54) is 46.0 Å². The molecule has 24 nitrogen and oxygen atoms in total. The summed E-state index contributed by atoms with van der Waals surface area (Å²) in [6.07, 6.45) is 2.68. The Morgan fingerprint density at radius 3 is 2.27 bits per heavy atom. The van der Waals surface area contributed by atoms with Crippen LogP contribution in [0.2, 0.25) is 0 Å². The molecular weight excluding hydrogens is 879 g/mol. The number of hydrogen-bond acceptors (Lipinski definition) is 18. The number of anilines is 1. The number of nitrogen functional groups attached to an aromatic ring is 1. The van der Waals surface area contributed by atoms with Gasteiger partial charge >= 0.3 is 23.5 Å². The van der Waals surface area contributed by atoms with E-state index in [0.29, 0.717) is 12.2 Å². The highest BCUT2D eigenvalue weighted by Crippen LogP contribution is 2.61. The number of carbonyl (C=O) groups is 3. The van der Waals surface area contributed by atoms with Crippen molar-refractivity contribution < 1.29 is 80.5 Å². The number of rotatable bonds is 28. The van der Waals surface area contributed by atoms with Crippen LogP contribution in [0.25, 0.3) is 11.2 Å². The number of aliphatic hydroxyl groups is 2. The van der Waals surface area contributed by atoms with Gasteiger partial charge in [-0.25, -0.2) is 28.6 Å². The molecule has 3 heterocycles. The number of aromatic nitrogens is 4.